The van der Waals surface area contributed by atoms with E-state index >= 15 is 0 Å². The Morgan fingerprint density at radius 2 is 1.76 bits per heavy atom. The standard InChI is InChI=1S/C19H23N3O2S/c1-13-6-8-22-12-17(21-19(22)9-13)5-7-20-25(23,24)18-11-15(3)14(2)10-16(18)4/h6,8-12,20H,5,7H2,1-4H3. The highest BCUT2D eigenvalue weighted by molar-refractivity contribution is 7.89. The van der Waals surface area contributed by atoms with Crippen molar-refractivity contribution in [3.05, 3.63) is 64.6 Å². The normalized spacial score (nSPS) is 12.0. The number of imidazole rings is 1. The Bertz CT molecular complexity index is 1040. The Kier molecular flexibility index (Phi) is 4.67. The minimum absolute atomic E-state index is 0.317. The fourth-order valence-corrected chi connectivity index (χ4v) is 4.21. The fraction of sp³-hybridized carbons (Fsp3) is 0.316. The average Bonchev–Trinajstić information content (AvgIpc) is 2.92. The first-order chi connectivity index (χ1) is 11.8. The molecule has 132 valence electrons. The van der Waals surface area contributed by atoms with E-state index in [9.17, 15) is 8.42 Å². The zero-order chi connectivity index (χ0) is 18.2. The van der Waals surface area contributed by atoms with Crippen molar-refractivity contribution < 1.29 is 8.42 Å². The quantitative estimate of drug-likeness (QED) is 0.763. The molecule has 0 aliphatic carbocycles. The van der Waals surface area contributed by atoms with Crippen LogP contribution < -0.4 is 4.72 Å². The second-order valence-electron chi connectivity index (χ2n) is 6.55. The molecule has 2 aromatic heterocycles. The van der Waals surface area contributed by atoms with Crippen LogP contribution in [0.25, 0.3) is 5.65 Å². The van der Waals surface area contributed by atoms with Crippen molar-refractivity contribution in [1.29, 1.82) is 0 Å². The molecule has 0 saturated carbocycles. The number of pyridine rings is 1. The molecular weight excluding hydrogens is 334 g/mol. The van der Waals surface area contributed by atoms with Crippen molar-refractivity contribution in [1.82, 2.24) is 14.1 Å². The molecule has 2 heterocycles. The predicted octanol–water partition coefficient (Wildman–Crippen LogP) is 3.09. The van der Waals surface area contributed by atoms with Crippen LogP contribution in [0.4, 0.5) is 0 Å². The molecule has 1 N–H and O–H groups in total. The van der Waals surface area contributed by atoms with Gasteiger partial charge in [-0.05, 0) is 68.1 Å². The number of nitrogens with one attached hydrogen (secondary N) is 1. The van der Waals surface area contributed by atoms with E-state index in [1.807, 2.05) is 62.7 Å². The SMILES string of the molecule is Cc1ccn2cc(CCNS(=O)(=O)c3cc(C)c(C)cc3C)nc2c1. The number of rotatable bonds is 5. The van der Waals surface area contributed by atoms with Gasteiger partial charge in [-0.15, -0.1) is 0 Å². The first kappa shape index (κ1) is 17.6. The van der Waals surface area contributed by atoms with E-state index in [1.165, 1.54) is 0 Å². The lowest BCUT2D eigenvalue weighted by Crippen LogP contribution is -2.26. The molecule has 0 unspecified atom stereocenters. The van der Waals surface area contributed by atoms with Crippen molar-refractivity contribution in [2.75, 3.05) is 6.54 Å². The van der Waals surface area contributed by atoms with Crippen molar-refractivity contribution >= 4 is 15.7 Å². The van der Waals surface area contributed by atoms with Crippen LogP contribution in [0, 0.1) is 27.7 Å². The third kappa shape index (κ3) is 3.75. The maximum absolute atomic E-state index is 12.6. The fourth-order valence-electron chi connectivity index (χ4n) is 2.87. The lowest BCUT2D eigenvalue weighted by atomic mass is 10.1. The molecular formula is C19H23N3O2S. The molecule has 5 nitrogen and oxygen atoms in total. The summed E-state index contributed by atoms with van der Waals surface area (Å²) in [6.45, 7) is 8.07. The number of hydrogen-bond donors (Lipinski definition) is 1. The average molecular weight is 357 g/mol. The Morgan fingerprint density at radius 1 is 1.04 bits per heavy atom. The lowest BCUT2D eigenvalue weighted by molar-refractivity contribution is 0.580. The molecule has 0 bridgehead atoms. The maximum atomic E-state index is 12.6. The molecule has 3 rings (SSSR count). The van der Waals surface area contributed by atoms with E-state index in [0.29, 0.717) is 17.9 Å². The molecule has 3 aromatic rings. The summed E-state index contributed by atoms with van der Waals surface area (Å²) >= 11 is 0. The predicted molar refractivity (Wildman–Crippen MR) is 99.5 cm³/mol. The van der Waals surface area contributed by atoms with Crippen LogP contribution in [0.1, 0.15) is 27.9 Å². The van der Waals surface area contributed by atoms with Crippen LogP contribution in [0.15, 0.2) is 41.6 Å². The number of hydrogen-bond acceptors (Lipinski definition) is 3. The Morgan fingerprint density at radius 3 is 2.52 bits per heavy atom. The van der Waals surface area contributed by atoms with Gasteiger partial charge in [0.15, 0.2) is 0 Å². The monoisotopic (exact) mass is 357 g/mol. The Hall–Kier alpha value is -2.18. The topological polar surface area (TPSA) is 63.5 Å². The molecule has 0 aliphatic rings. The third-order valence-electron chi connectivity index (χ3n) is 4.42. The van der Waals surface area contributed by atoms with E-state index in [1.54, 1.807) is 6.07 Å². The number of benzene rings is 1. The number of aryl methyl sites for hydroxylation is 4. The van der Waals surface area contributed by atoms with Crippen LogP contribution >= 0.6 is 0 Å². The molecule has 0 spiro atoms. The van der Waals surface area contributed by atoms with Gasteiger partial charge in [0.25, 0.3) is 0 Å². The first-order valence-electron chi connectivity index (χ1n) is 8.28. The van der Waals surface area contributed by atoms with Gasteiger partial charge in [-0.2, -0.15) is 0 Å². The highest BCUT2D eigenvalue weighted by Gasteiger charge is 2.17. The van der Waals surface area contributed by atoms with E-state index in [4.69, 9.17) is 0 Å². The van der Waals surface area contributed by atoms with E-state index in [0.717, 1.165) is 33.6 Å². The van der Waals surface area contributed by atoms with Gasteiger partial charge in [0.1, 0.15) is 5.65 Å². The van der Waals surface area contributed by atoms with Gasteiger partial charge in [0, 0.05) is 25.4 Å². The molecule has 0 fully saturated rings. The highest BCUT2D eigenvalue weighted by Crippen LogP contribution is 2.19. The van der Waals surface area contributed by atoms with Gasteiger partial charge in [-0.25, -0.2) is 18.1 Å². The second kappa shape index (κ2) is 6.61. The van der Waals surface area contributed by atoms with Crippen LogP contribution in [0.3, 0.4) is 0 Å². The zero-order valence-electron chi connectivity index (χ0n) is 15.0. The molecule has 1 aromatic carbocycles. The minimum Gasteiger partial charge on any atom is -0.307 e. The Balaban J connectivity index is 1.72. The minimum atomic E-state index is -3.52. The summed E-state index contributed by atoms with van der Waals surface area (Å²) in [4.78, 5) is 4.89. The molecule has 6 heteroatoms. The van der Waals surface area contributed by atoms with Gasteiger partial charge in [0.2, 0.25) is 10.0 Å². The maximum Gasteiger partial charge on any atom is 0.240 e. The summed E-state index contributed by atoms with van der Waals surface area (Å²) in [6, 6.07) is 7.67. The molecule has 0 saturated heterocycles. The van der Waals surface area contributed by atoms with Gasteiger partial charge in [-0.3, -0.25) is 0 Å². The summed E-state index contributed by atoms with van der Waals surface area (Å²) in [7, 11) is -3.52. The van der Waals surface area contributed by atoms with Gasteiger partial charge in [0.05, 0.1) is 10.6 Å². The smallest absolute Gasteiger partial charge is 0.240 e. The van der Waals surface area contributed by atoms with Crippen LogP contribution in [-0.4, -0.2) is 24.3 Å². The second-order valence-corrected chi connectivity index (χ2v) is 8.29. The van der Waals surface area contributed by atoms with E-state index < -0.39 is 10.0 Å². The van der Waals surface area contributed by atoms with Crippen molar-refractivity contribution in [3.63, 3.8) is 0 Å². The van der Waals surface area contributed by atoms with Crippen molar-refractivity contribution in [2.24, 2.45) is 0 Å². The molecule has 0 atom stereocenters. The largest absolute Gasteiger partial charge is 0.307 e. The summed E-state index contributed by atoms with van der Waals surface area (Å²) in [6.07, 6.45) is 4.44. The lowest BCUT2D eigenvalue weighted by Gasteiger charge is -2.11. The molecule has 0 amide bonds. The number of fused-ring (bicyclic) bond motifs is 1. The highest BCUT2D eigenvalue weighted by atomic mass is 32.2. The number of sulfonamides is 1. The summed E-state index contributed by atoms with van der Waals surface area (Å²) in [5, 5.41) is 0. The van der Waals surface area contributed by atoms with Crippen LogP contribution in [0.2, 0.25) is 0 Å². The third-order valence-corrected chi connectivity index (χ3v) is 6.02. The molecule has 0 aliphatic heterocycles. The zero-order valence-corrected chi connectivity index (χ0v) is 15.8. The summed E-state index contributed by atoms with van der Waals surface area (Å²) < 4.78 is 29.8. The van der Waals surface area contributed by atoms with Crippen molar-refractivity contribution in [2.45, 2.75) is 39.0 Å². The van der Waals surface area contributed by atoms with Crippen LogP contribution in [0.5, 0.6) is 0 Å². The van der Waals surface area contributed by atoms with Crippen molar-refractivity contribution in [3.8, 4) is 0 Å². The summed E-state index contributed by atoms with van der Waals surface area (Å²) in [5.74, 6) is 0. The van der Waals surface area contributed by atoms with Crippen LogP contribution in [-0.2, 0) is 16.4 Å². The first-order valence-corrected chi connectivity index (χ1v) is 9.76. The molecule has 0 radical (unpaired) electrons. The Labute approximate surface area is 148 Å². The number of aromatic nitrogens is 2. The van der Waals surface area contributed by atoms with Gasteiger partial charge < -0.3 is 4.40 Å². The summed E-state index contributed by atoms with van der Waals surface area (Å²) in [5.41, 5.74) is 5.72. The number of nitrogens with zero attached hydrogens (tertiary/aromatic N) is 2. The van der Waals surface area contributed by atoms with E-state index in [-0.39, 0.29) is 0 Å². The van der Waals surface area contributed by atoms with E-state index in [2.05, 4.69) is 9.71 Å². The van der Waals surface area contributed by atoms with Gasteiger partial charge >= 0.3 is 0 Å². The molecule has 25 heavy (non-hydrogen) atoms. The van der Waals surface area contributed by atoms with Gasteiger partial charge in [-0.1, -0.05) is 6.07 Å².